The van der Waals surface area contributed by atoms with E-state index in [0.717, 1.165) is 19.5 Å². The van der Waals surface area contributed by atoms with Crippen LogP contribution in [0.15, 0.2) is 24.3 Å². The molecule has 0 bridgehead atoms. The molecule has 0 spiro atoms. The van der Waals surface area contributed by atoms with E-state index in [-0.39, 0.29) is 23.5 Å². The van der Waals surface area contributed by atoms with Crippen LogP contribution >= 0.6 is 0 Å². The molecular weight excluding hydrogens is 309 g/mol. The summed E-state index contributed by atoms with van der Waals surface area (Å²) in [6, 6.07) is 6.10. The summed E-state index contributed by atoms with van der Waals surface area (Å²) in [5.74, 6) is -0.568. The standard InChI is InChI=1S/C16H19F3N2O2/c17-16(18,19)23-14-5-2-1-4-11(14)12-10-13(12)15(22)21-8-3-6-20-7-9-21/h1-2,4-5,12-13,20H,3,6-10H2/t12-,13-/m1/s1. The van der Waals surface area contributed by atoms with E-state index in [9.17, 15) is 18.0 Å². The van der Waals surface area contributed by atoms with Crippen molar-refractivity contribution in [3.8, 4) is 5.75 Å². The molecule has 3 rings (SSSR count). The van der Waals surface area contributed by atoms with Gasteiger partial charge in [-0.2, -0.15) is 0 Å². The number of hydrogen-bond acceptors (Lipinski definition) is 3. The molecule has 2 aliphatic rings. The zero-order valence-electron chi connectivity index (χ0n) is 12.6. The summed E-state index contributed by atoms with van der Waals surface area (Å²) in [4.78, 5) is 14.3. The Balaban J connectivity index is 1.69. The van der Waals surface area contributed by atoms with E-state index < -0.39 is 6.36 Å². The maximum atomic E-state index is 12.5. The number of amides is 1. The highest BCUT2D eigenvalue weighted by Gasteiger charge is 2.47. The van der Waals surface area contributed by atoms with Crippen LogP contribution in [0.4, 0.5) is 13.2 Å². The number of carbonyl (C=O) groups is 1. The summed E-state index contributed by atoms with van der Waals surface area (Å²) in [6.45, 7) is 3.01. The summed E-state index contributed by atoms with van der Waals surface area (Å²) >= 11 is 0. The molecule has 0 radical (unpaired) electrons. The van der Waals surface area contributed by atoms with Crippen molar-refractivity contribution >= 4 is 5.91 Å². The van der Waals surface area contributed by atoms with Crippen molar-refractivity contribution in [2.24, 2.45) is 5.92 Å². The Kier molecular flexibility index (Phi) is 4.48. The number of ether oxygens (including phenoxy) is 1. The molecule has 1 saturated carbocycles. The average molecular weight is 328 g/mol. The Morgan fingerprint density at radius 3 is 2.78 bits per heavy atom. The number of nitrogens with zero attached hydrogens (tertiary/aromatic N) is 1. The summed E-state index contributed by atoms with van der Waals surface area (Å²) in [7, 11) is 0. The Morgan fingerprint density at radius 1 is 1.22 bits per heavy atom. The lowest BCUT2D eigenvalue weighted by Crippen LogP contribution is -2.35. The van der Waals surface area contributed by atoms with Gasteiger partial charge in [0, 0.05) is 25.6 Å². The minimum atomic E-state index is -4.72. The fourth-order valence-electron chi connectivity index (χ4n) is 3.12. The van der Waals surface area contributed by atoms with Gasteiger partial charge in [0.2, 0.25) is 5.91 Å². The van der Waals surface area contributed by atoms with Gasteiger partial charge in [-0.05, 0) is 36.9 Å². The molecule has 2 fully saturated rings. The lowest BCUT2D eigenvalue weighted by atomic mass is 10.1. The van der Waals surface area contributed by atoms with Crippen LogP contribution in [0.1, 0.15) is 24.3 Å². The number of carbonyl (C=O) groups excluding carboxylic acids is 1. The molecule has 4 nitrogen and oxygen atoms in total. The van der Waals surface area contributed by atoms with Crippen LogP contribution in [0, 0.1) is 5.92 Å². The fourth-order valence-corrected chi connectivity index (χ4v) is 3.12. The molecule has 0 aromatic heterocycles. The minimum absolute atomic E-state index is 0.0421. The number of hydrogen-bond donors (Lipinski definition) is 1. The van der Waals surface area contributed by atoms with Crippen molar-refractivity contribution in [3.63, 3.8) is 0 Å². The highest BCUT2D eigenvalue weighted by atomic mass is 19.4. The minimum Gasteiger partial charge on any atom is -0.405 e. The molecule has 1 aliphatic carbocycles. The average Bonchev–Trinajstić information content (AvgIpc) is 3.29. The maximum absolute atomic E-state index is 12.5. The van der Waals surface area contributed by atoms with E-state index in [1.807, 2.05) is 4.90 Å². The van der Waals surface area contributed by atoms with E-state index in [1.54, 1.807) is 12.1 Å². The van der Waals surface area contributed by atoms with Crippen LogP contribution in [-0.4, -0.2) is 43.3 Å². The second kappa shape index (κ2) is 6.39. The van der Waals surface area contributed by atoms with Crippen molar-refractivity contribution in [1.29, 1.82) is 0 Å². The van der Waals surface area contributed by atoms with E-state index in [2.05, 4.69) is 10.1 Å². The summed E-state index contributed by atoms with van der Waals surface area (Å²) in [5, 5.41) is 3.23. The largest absolute Gasteiger partial charge is 0.573 e. The van der Waals surface area contributed by atoms with E-state index in [0.29, 0.717) is 25.1 Å². The second-order valence-corrected chi connectivity index (χ2v) is 5.96. The third kappa shape index (κ3) is 3.96. The lowest BCUT2D eigenvalue weighted by Gasteiger charge is -2.20. The summed E-state index contributed by atoms with van der Waals surface area (Å²) in [6.07, 6.45) is -3.24. The maximum Gasteiger partial charge on any atom is 0.573 e. The molecule has 2 atom stereocenters. The Morgan fingerprint density at radius 2 is 2.00 bits per heavy atom. The second-order valence-electron chi connectivity index (χ2n) is 5.96. The number of para-hydroxylation sites is 1. The third-order valence-electron chi connectivity index (χ3n) is 4.30. The zero-order chi connectivity index (χ0) is 16.4. The first-order valence-electron chi connectivity index (χ1n) is 7.80. The number of halogens is 3. The first-order valence-corrected chi connectivity index (χ1v) is 7.80. The lowest BCUT2D eigenvalue weighted by molar-refractivity contribution is -0.274. The highest BCUT2D eigenvalue weighted by molar-refractivity contribution is 5.83. The predicted octanol–water partition coefficient (Wildman–Crippen LogP) is 2.51. The van der Waals surface area contributed by atoms with Crippen LogP contribution < -0.4 is 10.1 Å². The zero-order valence-corrected chi connectivity index (χ0v) is 12.6. The molecule has 1 saturated heterocycles. The fraction of sp³-hybridized carbons (Fsp3) is 0.562. The van der Waals surface area contributed by atoms with Crippen LogP contribution in [-0.2, 0) is 4.79 Å². The quantitative estimate of drug-likeness (QED) is 0.927. The number of alkyl halides is 3. The van der Waals surface area contributed by atoms with Crippen molar-refractivity contribution in [2.45, 2.75) is 25.1 Å². The molecule has 1 aromatic carbocycles. The molecule has 126 valence electrons. The highest BCUT2D eigenvalue weighted by Crippen LogP contribution is 2.51. The van der Waals surface area contributed by atoms with Gasteiger partial charge in [-0.1, -0.05) is 18.2 Å². The Labute approximate surface area is 132 Å². The van der Waals surface area contributed by atoms with Gasteiger partial charge in [0.25, 0.3) is 0 Å². The normalized spacial score (nSPS) is 24.9. The van der Waals surface area contributed by atoms with Gasteiger partial charge in [0.05, 0.1) is 0 Å². The van der Waals surface area contributed by atoms with Crippen molar-refractivity contribution in [2.75, 3.05) is 26.2 Å². The van der Waals surface area contributed by atoms with Gasteiger partial charge in [0.15, 0.2) is 0 Å². The van der Waals surface area contributed by atoms with E-state index >= 15 is 0 Å². The smallest absolute Gasteiger partial charge is 0.405 e. The van der Waals surface area contributed by atoms with Gasteiger partial charge >= 0.3 is 6.36 Å². The molecule has 7 heteroatoms. The van der Waals surface area contributed by atoms with Gasteiger partial charge in [-0.15, -0.1) is 13.2 Å². The van der Waals surface area contributed by atoms with Gasteiger partial charge in [-0.3, -0.25) is 4.79 Å². The van der Waals surface area contributed by atoms with Crippen LogP contribution in [0.2, 0.25) is 0 Å². The Hall–Kier alpha value is -1.76. The number of nitrogens with one attached hydrogen (secondary N) is 1. The molecule has 0 unspecified atom stereocenters. The van der Waals surface area contributed by atoms with Crippen molar-refractivity contribution in [1.82, 2.24) is 10.2 Å². The molecule has 1 aliphatic heterocycles. The molecule has 23 heavy (non-hydrogen) atoms. The third-order valence-corrected chi connectivity index (χ3v) is 4.30. The molecule has 1 amide bonds. The molecule has 1 heterocycles. The predicted molar refractivity (Wildman–Crippen MR) is 78.0 cm³/mol. The molecule has 1 N–H and O–H groups in total. The first kappa shape index (κ1) is 16.1. The van der Waals surface area contributed by atoms with Crippen LogP contribution in [0.3, 0.4) is 0 Å². The van der Waals surface area contributed by atoms with Crippen molar-refractivity contribution < 1.29 is 22.7 Å². The van der Waals surface area contributed by atoms with Crippen LogP contribution in [0.25, 0.3) is 0 Å². The van der Waals surface area contributed by atoms with Crippen molar-refractivity contribution in [3.05, 3.63) is 29.8 Å². The van der Waals surface area contributed by atoms with Crippen LogP contribution in [0.5, 0.6) is 5.75 Å². The molecule has 1 aromatic rings. The van der Waals surface area contributed by atoms with E-state index in [1.165, 1.54) is 12.1 Å². The van der Waals surface area contributed by atoms with E-state index in [4.69, 9.17) is 0 Å². The van der Waals surface area contributed by atoms with Gasteiger partial charge in [-0.25, -0.2) is 0 Å². The SMILES string of the molecule is O=C([C@@H]1C[C@@H]1c1ccccc1OC(F)(F)F)N1CCCNCC1. The van der Waals surface area contributed by atoms with Gasteiger partial charge < -0.3 is 15.0 Å². The van der Waals surface area contributed by atoms with Gasteiger partial charge in [0.1, 0.15) is 5.75 Å². The first-order chi connectivity index (χ1) is 11.0. The Bertz CT molecular complexity index is 569. The molecular formula is C16H19F3N2O2. The summed E-state index contributed by atoms with van der Waals surface area (Å²) < 4.78 is 41.6. The monoisotopic (exact) mass is 328 g/mol. The topological polar surface area (TPSA) is 41.6 Å². The summed E-state index contributed by atoms with van der Waals surface area (Å²) in [5.41, 5.74) is 0.469. The number of rotatable bonds is 3. The number of benzene rings is 1.